The number of hydrogen-bond donors (Lipinski definition) is 3. The first-order chi connectivity index (χ1) is 15.0. The standard InChI is InChI=1S/C22H21ClF3N3O3/c1-12(2)10-21(31,22(24,25)26)19(15-8-7-13(23)9-18(15)32-3)28-17-6-4-5-14-16(17)11-27-29-20(14)30/h4-11,19,28,31H,1-3H3,(H,29,30). The molecule has 1 heterocycles. The highest BCUT2D eigenvalue weighted by molar-refractivity contribution is 6.30. The van der Waals surface area contributed by atoms with Gasteiger partial charge in [-0.05, 0) is 44.2 Å². The van der Waals surface area contributed by atoms with Gasteiger partial charge in [0.2, 0.25) is 5.60 Å². The first-order valence-corrected chi connectivity index (χ1v) is 9.87. The minimum Gasteiger partial charge on any atom is -0.496 e. The van der Waals surface area contributed by atoms with E-state index in [2.05, 4.69) is 15.5 Å². The highest BCUT2D eigenvalue weighted by Crippen LogP contribution is 2.46. The van der Waals surface area contributed by atoms with Gasteiger partial charge in [-0.3, -0.25) is 4.79 Å². The van der Waals surface area contributed by atoms with Crippen LogP contribution >= 0.6 is 11.6 Å². The molecule has 10 heteroatoms. The molecule has 0 saturated heterocycles. The maximum absolute atomic E-state index is 14.3. The van der Waals surface area contributed by atoms with Gasteiger partial charge in [0.1, 0.15) is 5.75 Å². The van der Waals surface area contributed by atoms with Gasteiger partial charge in [0.05, 0.1) is 24.7 Å². The molecule has 2 aromatic carbocycles. The number of alkyl halides is 3. The summed E-state index contributed by atoms with van der Waals surface area (Å²) >= 11 is 6.00. The van der Waals surface area contributed by atoms with Gasteiger partial charge < -0.3 is 15.2 Å². The Hall–Kier alpha value is -3.04. The molecule has 0 amide bonds. The Morgan fingerprint density at radius 3 is 2.59 bits per heavy atom. The van der Waals surface area contributed by atoms with Gasteiger partial charge in [-0.2, -0.15) is 18.3 Å². The van der Waals surface area contributed by atoms with Crippen LogP contribution in [0, 0.1) is 0 Å². The fraction of sp³-hybridized carbons (Fsp3) is 0.273. The van der Waals surface area contributed by atoms with E-state index in [0.717, 1.165) is 6.08 Å². The quantitative estimate of drug-likeness (QED) is 0.444. The predicted octanol–water partition coefficient (Wildman–Crippen LogP) is 5.00. The van der Waals surface area contributed by atoms with Crippen molar-refractivity contribution in [3.8, 4) is 5.75 Å². The van der Waals surface area contributed by atoms with E-state index in [1.807, 2.05) is 0 Å². The Morgan fingerprint density at radius 1 is 1.25 bits per heavy atom. The summed E-state index contributed by atoms with van der Waals surface area (Å²) in [4.78, 5) is 12.1. The van der Waals surface area contributed by atoms with Crippen molar-refractivity contribution in [1.29, 1.82) is 0 Å². The second-order valence-corrected chi connectivity index (χ2v) is 7.91. The van der Waals surface area contributed by atoms with Gasteiger partial charge in [0.25, 0.3) is 5.56 Å². The fourth-order valence-electron chi connectivity index (χ4n) is 3.52. The van der Waals surface area contributed by atoms with Crippen molar-refractivity contribution in [1.82, 2.24) is 10.2 Å². The number of nitrogens with one attached hydrogen (secondary N) is 2. The average Bonchev–Trinajstić information content (AvgIpc) is 2.71. The second-order valence-electron chi connectivity index (χ2n) is 7.47. The molecule has 1 aromatic heterocycles. The molecule has 3 N–H and O–H groups in total. The van der Waals surface area contributed by atoms with Crippen LogP contribution in [0.5, 0.6) is 5.75 Å². The Balaban J connectivity index is 2.31. The SMILES string of the molecule is COc1cc(Cl)ccc1C(Nc1cccc2c(=O)[nH]ncc12)C(O)(C=C(C)C)C(F)(F)F. The fourth-order valence-corrected chi connectivity index (χ4v) is 3.68. The number of H-pyrrole nitrogens is 1. The molecule has 0 radical (unpaired) electrons. The zero-order chi connectivity index (χ0) is 23.7. The third kappa shape index (κ3) is 4.44. The third-order valence-corrected chi connectivity index (χ3v) is 5.15. The van der Waals surface area contributed by atoms with E-state index in [-0.39, 0.29) is 38.4 Å². The smallest absolute Gasteiger partial charge is 0.423 e. The van der Waals surface area contributed by atoms with Crippen molar-refractivity contribution in [3.05, 3.63) is 75.2 Å². The summed E-state index contributed by atoms with van der Waals surface area (Å²) < 4.78 is 48.3. The minimum absolute atomic E-state index is 0.0176. The molecule has 3 aromatic rings. The van der Waals surface area contributed by atoms with Crippen LogP contribution in [-0.2, 0) is 0 Å². The van der Waals surface area contributed by atoms with E-state index in [1.54, 1.807) is 0 Å². The molecule has 0 bridgehead atoms. The number of rotatable bonds is 6. The van der Waals surface area contributed by atoms with Crippen LogP contribution in [0.25, 0.3) is 10.8 Å². The maximum Gasteiger partial charge on any atom is 0.423 e. The summed E-state index contributed by atoms with van der Waals surface area (Å²) in [6, 6.07) is 6.90. The second kappa shape index (κ2) is 8.84. The van der Waals surface area contributed by atoms with E-state index in [1.165, 1.54) is 63.6 Å². The van der Waals surface area contributed by atoms with Gasteiger partial charge in [-0.15, -0.1) is 0 Å². The van der Waals surface area contributed by atoms with Crippen LogP contribution in [0.15, 0.2) is 59.0 Å². The normalized spacial score (nSPS) is 14.5. The first kappa shape index (κ1) is 23.6. The number of aliphatic hydroxyl groups is 1. The Kier molecular flexibility index (Phi) is 6.52. The van der Waals surface area contributed by atoms with Gasteiger partial charge in [0, 0.05) is 21.7 Å². The lowest BCUT2D eigenvalue weighted by molar-refractivity contribution is -0.246. The number of aromatic amines is 1. The maximum atomic E-state index is 14.3. The van der Waals surface area contributed by atoms with Gasteiger partial charge in [-0.1, -0.05) is 29.3 Å². The molecule has 0 aliphatic heterocycles. The molecule has 2 atom stereocenters. The summed E-state index contributed by atoms with van der Waals surface area (Å²) in [5.41, 5.74) is -3.39. The van der Waals surface area contributed by atoms with E-state index >= 15 is 0 Å². The van der Waals surface area contributed by atoms with Crippen molar-refractivity contribution in [2.75, 3.05) is 12.4 Å². The molecular weight excluding hydrogens is 447 g/mol. The van der Waals surface area contributed by atoms with Crippen molar-refractivity contribution in [3.63, 3.8) is 0 Å². The number of allylic oxidation sites excluding steroid dienone is 1. The molecule has 6 nitrogen and oxygen atoms in total. The highest BCUT2D eigenvalue weighted by atomic mass is 35.5. The predicted molar refractivity (Wildman–Crippen MR) is 117 cm³/mol. The number of methoxy groups -OCH3 is 1. The monoisotopic (exact) mass is 467 g/mol. The van der Waals surface area contributed by atoms with Crippen molar-refractivity contribution >= 4 is 28.1 Å². The van der Waals surface area contributed by atoms with E-state index in [9.17, 15) is 23.1 Å². The van der Waals surface area contributed by atoms with E-state index < -0.39 is 23.4 Å². The van der Waals surface area contributed by atoms with Crippen LogP contribution in [0.2, 0.25) is 5.02 Å². The van der Waals surface area contributed by atoms with Crippen LogP contribution in [0.4, 0.5) is 18.9 Å². The van der Waals surface area contributed by atoms with Gasteiger partial charge >= 0.3 is 6.18 Å². The summed E-state index contributed by atoms with van der Waals surface area (Å²) in [5.74, 6) is 0.0519. The van der Waals surface area contributed by atoms with Gasteiger partial charge in [0.15, 0.2) is 0 Å². The molecule has 0 saturated carbocycles. The largest absolute Gasteiger partial charge is 0.496 e. The van der Waals surface area contributed by atoms with Crippen LogP contribution < -0.4 is 15.6 Å². The topological polar surface area (TPSA) is 87.2 Å². The zero-order valence-electron chi connectivity index (χ0n) is 17.4. The van der Waals surface area contributed by atoms with Crippen LogP contribution in [-0.4, -0.2) is 34.2 Å². The number of hydrogen-bond acceptors (Lipinski definition) is 5. The molecule has 0 fully saturated rings. The lowest BCUT2D eigenvalue weighted by Crippen LogP contribution is -2.51. The summed E-state index contributed by atoms with van der Waals surface area (Å²) in [7, 11) is 1.29. The molecular formula is C22H21ClF3N3O3. The van der Waals surface area contributed by atoms with Crippen LogP contribution in [0.1, 0.15) is 25.5 Å². The van der Waals surface area contributed by atoms with Crippen LogP contribution in [0.3, 0.4) is 0 Å². The van der Waals surface area contributed by atoms with E-state index in [4.69, 9.17) is 16.3 Å². The number of nitrogens with zero attached hydrogens (tertiary/aromatic N) is 1. The van der Waals surface area contributed by atoms with Crippen molar-refractivity contribution in [2.24, 2.45) is 0 Å². The first-order valence-electron chi connectivity index (χ1n) is 9.49. The van der Waals surface area contributed by atoms with Crippen molar-refractivity contribution < 1.29 is 23.0 Å². The lowest BCUT2D eigenvalue weighted by Gasteiger charge is -2.38. The number of benzene rings is 2. The number of ether oxygens (including phenoxy) is 1. The molecule has 3 rings (SSSR count). The molecule has 0 aliphatic carbocycles. The third-order valence-electron chi connectivity index (χ3n) is 4.92. The molecule has 2 unspecified atom stereocenters. The lowest BCUT2D eigenvalue weighted by atomic mass is 9.85. The molecule has 170 valence electrons. The Bertz CT molecular complexity index is 1220. The van der Waals surface area contributed by atoms with Gasteiger partial charge in [-0.25, -0.2) is 5.10 Å². The average molecular weight is 468 g/mol. The molecule has 0 spiro atoms. The summed E-state index contributed by atoms with van der Waals surface area (Å²) in [6.45, 7) is 2.91. The Labute approximate surface area is 186 Å². The molecule has 32 heavy (non-hydrogen) atoms. The number of anilines is 1. The van der Waals surface area contributed by atoms with E-state index in [0.29, 0.717) is 0 Å². The zero-order valence-corrected chi connectivity index (χ0v) is 18.2. The minimum atomic E-state index is -5.06. The Morgan fingerprint density at radius 2 is 1.97 bits per heavy atom. The number of fused-ring (bicyclic) bond motifs is 1. The highest BCUT2D eigenvalue weighted by Gasteiger charge is 2.58. The number of aromatic nitrogens is 2. The molecule has 0 aliphatic rings. The summed E-state index contributed by atoms with van der Waals surface area (Å²) in [6.07, 6.45) is -3.00. The van der Waals surface area contributed by atoms with Crippen molar-refractivity contribution in [2.45, 2.75) is 31.7 Å². The number of halogens is 4. The summed E-state index contributed by atoms with van der Waals surface area (Å²) in [5, 5.41) is 20.6.